The molecule has 0 aliphatic carbocycles. The van der Waals surface area contributed by atoms with E-state index in [2.05, 4.69) is 4.98 Å². The summed E-state index contributed by atoms with van der Waals surface area (Å²) in [6.07, 6.45) is 1.03. The molecular formula is C9H11NO3S. The van der Waals surface area contributed by atoms with Crippen molar-refractivity contribution in [2.45, 2.75) is 19.3 Å². The lowest BCUT2D eigenvalue weighted by molar-refractivity contribution is 0.0659. The number of thioether (sulfide) groups is 1. The normalized spacial score (nSPS) is 21.4. The van der Waals surface area contributed by atoms with Gasteiger partial charge in [-0.15, -0.1) is 0 Å². The SMILES string of the molecule is Cc1nc(C2CCSC2)oc1C(=O)O. The van der Waals surface area contributed by atoms with Gasteiger partial charge in [0.05, 0.1) is 5.69 Å². The van der Waals surface area contributed by atoms with Crippen molar-refractivity contribution in [2.24, 2.45) is 0 Å². The van der Waals surface area contributed by atoms with Crippen LogP contribution in [0.25, 0.3) is 0 Å². The molecular weight excluding hydrogens is 202 g/mol. The van der Waals surface area contributed by atoms with Crippen LogP contribution in [0.5, 0.6) is 0 Å². The molecule has 0 radical (unpaired) electrons. The number of carboxylic acids is 1. The van der Waals surface area contributed by atoms with E-state index in [1.165, 1.54) is 0 Å². The maximum Gasteiger partial charge on any atom is 0.373 e. The van der Waals surface area contributed by atoms with Gasteiger partial charge in [0.25, 0.3) is 0 Å². The number of carboxylic acid groups (broad SMARTS) is 1. The fourth-order valence-electron chi connectivity index (χ4n) is 1.52. The maximum atomic E-state index is 10.7. The maximum absolute atomic E-state index is 10.7. The Bertz CT molecular complexity index is 355. The zero-order valence-corrected chi connectivity index (χ0v) is 8.63. The van der Waals surface area contributed by atoms with E-state index >= 15 is 0 Å². The number of aromatic nitrogens is 1. The van der Waals surface area contributed by atoms with Crippen molar-refractivity contribution in [3.63, 3.8) is 0 Å². The zero-order valence-electron chi connectivity index (χ0n) is 7.82. The summed E-state index contributed by atoms with van der Waals surface area (Å²) in [6.45, 7) is 1.67. The Hall–Kier alpha value is -0.970. The zero-order chi connectivity index (χ0) is 10.1. The van der Waals surface area contributed by atoms with Crippen LogP contribution >= 0.6 is 11.8 Å². The number of hydrogen-bond acceptors (Lipinski definition) is 4. The van der Waals surface area contributed by atoms with Crippen LogP contribution in [0, 0.1) is 6.92 Å². The number of rotatable bonds is 2. The molecule has 0 saturated carbocycles. The second-order valence-electron chi connectivity index (χ2n) is 3.33. The standard InChI is InChI=1S/C9H11NO3S/c1-5-7(9(11)12)13-8(10-5)6-2-3-14-4-6/h6H,2-4H2,1H3,(H,11,12). The van der Waals surface area contributed by atoms with Crippen LogP contribution in [0.1, 0.15) is 34.5 Å². The monoisotopic (exact) mass is 213 g/mol. The Morgan fingerprint density at radius 3 is 3.00 bits per heavy atom. The van der Waals surface area contributed by atoms with Gasteiger partial charge in [0.1, 0.15) is 0 Å². The molecule has 1 aromatic rings. The third-order valence-electron chi connectivity index (χ3n) is 2.29. The minimum Gasteiger partial charge on any atom is -0.475 e. The first-order valence-corrected chi connectivity index (χ1v) is 5.62. The van der Waals surface area contributed by atoms with E-state index in [9.17, 15) is 4.79 Å². The summed E-state index contributed by atoms with van der Waals surface area (Å²) in [5.41, 5.74) is 0.476. The van der Waals surface area contributed by atoms with Crippen LogP contribution in [0.2, 0.25) is 0 Å². The molecule has 5 heteroatoms. The molecule has 2 heterocycles. The number of oxazole rings is 1. The van der Waals surface area contributed by atoms with E-state index in [-0.39, 0.29) is 5.76 Å². The van der Waals surface area contributed by atoms with Gasteiger partial charge in [-0.25, -0.2) is 9.78 Å². The van der Waals surface area contributed by atoms with Crippen LogP contribution in [-0.4, -0.2) is 27.6 Å². The largest absolute Gasteiger partial charge is 0.475 e. The van der Waals surface area contributed by atoms with Crippen molar-refractivity contribution in [1.29, 1.82) is 0 Å². The first kappa shape index (κ1) is 9.58. The molecule has 1 atom stereocenters. The minimum atomic E-state index is -1.04. The van der Waals surface area contributed by atoms with Crippen LogP contribution < -0.4 is 0 Å². The topological polar surface area (TPSA) is 63.3 Å². The van der Waals surface area contributed by atoms with Crippen molar-refractivity contribution >= 4 is 17.7 Å². The molecule has 1 unspecified atom stereocenters. The van der Waals surface area contributed by atoms with Gasteiger partial charge in [-0.2, -0.15) is 11.8 Å². The van der Waals surface area contributed by atoms with Crippen molar-refractivity contribution in [3.05, 3.63) is 17.3 Å². The molecule has 1 aliphatic heterocycles. The van der Waals surface area contributed by atoms with Crippen LogP contribution in [0.3, 0.4) is 0 Å². The number of hydrogen-bond donors (Lipinski definition) is 1. The summed E-state index contributed by atoms with van der Waals surface area (Å²) < 4.78 is 5.24. The summed E-state index contributed by atoms with van der Waals surface area (Å²) >= 11 is 1.85. The van der Waals surface area contributed by atoms with Crippen molar-refractivity contribution in [1.82, 2.24) is 4.98 Å². The minimum absolute atomic E-state index is 0.0168. The highest BCUT2D eigenvalue weighted by Crippen LogP contribution is 2.32. The molecule has 1 aromatic heterocycles. The van der Waals surface area contributed by atoms with Gasteiger partial charge >= 0.3 is 5.97 Å². The first-order chi connectivity index (χ1) is 6.68. The van der Waals surface area contributed by atoms with Gasteiger partial charge in [-0.05, 0) is 19.1 Å². The van der Waals surface area contributed by atoms with Crippen molar-refractivity contribution in [3.8, 4) is 0 Å². The highest BCUT2D eigenvalue weighted by molar-refractivity contribution is 7.99. The van der Waals surface area contributed by atoms with Crippen LogP contribution in [0.15, 0.2) is 4.42 Å². The van der Waals surface area contributed by atoms with E-state index < -0.39 is 5.97 Å². The Kier molecular flexibility index (Phi) is 2.50. The fraction of sp³-hybridized carbons (Fsp3) is 0.556. The lowest BCUT2D eigenvalue weighted by atomic mass is 10.1. The Balaban J connectivity index is 2.27. The molecule has 4 nitrogen and oxygen atoms in total. The molecule has 14 heavy (non-hydrogen) atoms. The number of aromatic carboxylic acids is 1. The third-order valence-corrected chi connectivity index (χ3v) is 3.45. The smallest absolute Gasteiger partial charge is 0.373 e. The van der Waals surface area contributed by atoms with Gasteiger partial charge in [0.2, 0.25) is 5.76 Å². The molecule has 1 fully saturated rings. The van der Waals surface area contributed by atoms with E-state index in [0.717, 1.165) is 17.9 Å². The van der Waals surface area contributed by atoms with E-state index in [0.29, 0.717) is 17.5 Å². The molecule has 0 aromatic carbocycles. The molecule has 2 rings (SSSR count). The Labute approximate surface area is 85.7 Å². The number of carbonyl (C=O) groups is 1. The summed E-state index contributed by atoms with van der Waals surface area (Å²) in [5, 5.41) is 8.78. The average molecular weight is 213 g/mol. The lowest BCUT2D eigenvalue weighted by Gasteiger charge is -1.99. The van der Waals surface area contributed by atoms with Gasteiger partial charge < -0.3 is 9.52 Å². The quantitative estimate of drug-likeness (QED) is 0.812. The third kappa shape index (κ3) is 1.64. The first-order valence-electron chi connectivity index (χ1n) is 4.47. The van der Waals surface area contributed by atoms with Crippen LogP contribution in [-0.2, 0) is 0 Å². The molecule has 1 aliphatic rings. The lowest BCUT2D eigenvalue weighted by Crippen LogP contribution is -1.96. The molecule has 0 spiro atoms. The molecule has 0 amide bonds. The van der Waals surface area contributed by atoms with E-state index in [4.69, 9.17) is 9.52 Å². The predicted octanol–water partition coefficient (Wildman–Crippen LogP) is 1.90. The summed E-state index contributed by atoms with van der Waals surface area (Å²) in [5.74, 6) is 1.92. The molecule has 1 saturated heterocycles. The van der Waals surface area contributed by atoms with Gasteiger partial charge in [0, 0.05) is 11.7 Å². The molecule has 1 N–H and O–H groups in total. The van der Waals surface area contributed by atoms with E-state index in [1.54, 1.807) is 6.92 Å². The highest BCUT2D eigenvalue weighted by Gasteiger charge is 2.25. The fourth-order valence-corrected chi connectivity index (χ4v) is 2.73. The summed E-state index contributed by atoms with van der Waals surface area (Å²) in [6, 6.07) is 0. The summed E-state index contributed by atoms with van der Waals surface area (Å²) in [4.78, 5) is 14.9. The second kappa shape index (κ2) is 3.65. The molecule has 0 bridgehead atoms. The van der Waals surface area contributed by atoms with Crippen molar-refractivity contribution in [2.75, 3.05) is 11.5 Å². The Morgan fingerprint density at radius 2 is 2.50 bits per heavy atom. The van der Waals surface area contributed by atoms with Gasteiger partial charge in [-0.3, -0.25) is 0 Å². The Morgan fingerprint density at radius 1 is 1.71 bits per heavy atom. The average Bonchev–Trinajstić information content (AvgIpc) is 2.70. The predicted molar refractivity (Wildman–Crippen MR) is 52.9 cm³/mol. The number of aryl methyl sites for hydroxylation is 1. The van der Waals surface area contributed by atoms with Gasteiger partial charge in [0.15, 0.2) is 5.89 Å². The van der Waals surface area contributed by atoms with E-state index in [1.807, 2.05) is 11.8 Å². The van der Waals surface area contributed by atoms with Gasteiger partial charge in [-0.1, -0.05) is 0 Å². The summed E-state index contributed by atoms with van der Waals surface area (Å²) in [7, 11) is 0. The molecule has 76 valence electrons. The number of nitrogens with zero attached hydrogens (tertiary/aromatic N) is 1. The van der Waals surface area contributed by atoms with Crippen molar-refractivity contribution < 1.29 is 14.3 Å². The van der Waals surface area contributed by atoms with Crippen LogP contribution in [0.4, 0.5) is 0 Å². The highest BCUT2D eigenvalue weighted by atomic mass is 32.2. The second-order valence-corrected chi connectivity index (χ2v) is 4.48.